The number of carbonyl (C=O) groups excluding carboxylic acids is 2. The summed E-state index contributed by atoms with van der Waals surface area (Å²) < 4.78 is 4.97. The maximum atomic E-state index is 11.8. The van der Waals surface area contributed by atoms with E-state index in [0.29, 0.717) is 0 Å². The molecule has 100 valence electrons. The van der Waals surface area contributed by atoms with Gasteiger partial charge in [0.2, 0.25) is 5.91 Å². The Bertz CT molecular complexity index is 402. The summed E-state index contributed by atoms with van der Waals surface area (Å²) in [6.45, 7) is 1.56. The van der Waals surface area contributed by atoms with Gasteiger partial charge in [0, 0.05) is 14.1 Å². The number of amides is 2. The van der Waals surface area contributed by atoms with E-state index in [1.54, 1.807) is 26.1 Å². The molecule has 0 aliphatic carbocycles. The highest BCUT2D eigenvalue weighted by atomic mass is 16.3. The summed E-state index contributed by atoms with van der Waals surface area (Å²) >= 11 is 0. The molecule has 0 saturated heterocycles. The van der Waals surface area contributed by atoms with E-state index < -0.39 is 0 Å². The number of carbonyl (C=O) groups is 2. The predicted molar refractivity (Wildman–Crippen MR) is 65.0 cm³/mol. The van der Waals surface area contributed by atoms with Gasteiger partial charge in [0.05, 0.1) is 25.5 Å². The Morgan fingerprint density at radius 2 is 2.11 bits per heavy atom. The lowest BCUT2D eigenvalue weighted by molar-refractivity contribution is -0.132. The summed E-state index contributed by atoms with van der Waals surface area (Å²) in [5, 5.41) is 8.96. The van der Waals surface area contributed by atoms with Gasteiger partial charge in [0.25, 0.3) is 5.91 Å². The SMILES string of the molecule is CC(CO)N(C)C(=O)CN(C)C(=O)c1ccco1. The second-order valence-electron chi connectivity index (χ2n) is 4.17. The molecular formula is C12H18N2O4. The van der Waals surface area contributed by atoms with Crippen molar-refractivity contribution in [3.63, 3.8) is 0 Å². The first-order valence-electron chi connectivity index (χ1n) is 5.62. The minimum Gasteiger partial charge on any atom is -0.459 e. The molecule has 0 bridgehead atoms. The number of aliphatic hydroxyl groups excluding tert-OH is 1. The first-order chi connectivity index (χ1) is 8.47. The monoisotopic (exact) mass is 254 g/mol. The fraction of sp³-hybridized carbons (Fsp3) is 0.500. The van der Waals surface area contributed by atoms with Crippen LogP contribution in [0.4, 0.5) is 0 Å². The fourth-order valence-electron chi connectivity index (χ4n) is 1.34. The largest absolute Gasteiger partial charge is 0.459 e. The zero-order valence-electron chi connectivity index (χ0n) is 10.8. The minimum atomic E-state index is -0.349. The first-order valence-corrected chi connectivity index (χ1v) is 5.62. The zero-order valence-corrected chi connectivity index (χ0v) is 10.8. The van der Waals surface area contributed by atoms with Gasteiger partial charge in [-0.05, 0) is 19.1 Å². The summed E-state index contributed by atoms with van der Waals surface area (Å²) in [6, 6.07) is 2.89. The van der Waals surface area contributed by atoms with Crippen molar-refractivity contribution in [3.05, 3.63) is 24.2 Å². The minimum absolute atomic E-state index is 0.0552. The molecule has 1 rings (SSSR count). The molecule has 0 aliphatic rings. The Labute approximate surface area is 106 Å². The maximum absolute atomic E-state index is 11.8. The first kappa shape index (κ1) is 14.2. The summed E-state index contributed by atoms with van der Waals surface area (Å²) in [4.78, 5) is 26.3. The van der Waals surface area contributed by atoms with Gasteiger partial charge in [-0.2, -0.15) is 0 Å². The number of aliphatic hydroxyl groups is 1. The van der Waals surface area contributed by atoms with Crippen LogP contribution in [0.2, 0.25) is 0 Å². The van der Waals surface area contributed by atoms with E-state index in [1.807, 2.05) is 0 Å². The van der Waals surface area contributed by atoms with Crippen LogP contribution in [0, 0.1) is 0 Å². The molecule has 2 amide bonds. The zero-order chi connectivity index (χ0) is 13.7. The van der Waals surface area contributed by atoms with Gasteiger partial charge in [-0.25, -0.2) is 0 Å². The van der Waals surface area contributed by atoms with Gasteiger partial charge in [0.15, 0.2) is 5.76 Å². The molecule has 0 aromatic carbocycles. The van der Waals surface area contributed by atoms with Crippen LogP contribution in [0.15, 0.2) is 22.8 Å². The smallest absolute Gasteiger partial charge is 0.289 e. The Balaban J connectivity index is 2.57. The number of nitrogens with zero attached hydrogens (tertiary/aromatic N) is 2. The van der Waals surface area contributed by atoms with E-state index in [1.165, 1.54) is 23.1 Å². The normalized spacial score (nSPS) is 12.0. The molecule has 1 unspecified atom stereocenters. The van der Waals surface area contributed by atoms with E-state index in [0.717, 1.165) is 0 Å². The van der Waals surface area contributed by atoms with Crippen LogP contribution in [0.1, 0.15) is 17.5 Å². The average Bonchev–Trinajstić information content (AvgIpc) is 2.89. The number of rotatable bonds is 5. The summed E-state index contributed by atoms with van der Waals surface area (Å²) in [7, 11) is 3.12. The molecule has 1 N–H and O–H groups in total. The van der Waals surface area contributed by atoms with E-state index >= 15 is 0 Å². The summed E-state index contributed by atoms with van der Waals surface area (Å²) in [6.07, 6.45) is 1.41. The van der Waals surface area contributed by atoms with Crippen molar-refractivity contribution in [2.45, 2.75) is 13.0 Å². The number of furan rings is 1. The molecule has 1 aromatic rings. The van der Waals surface area contributed by atoms with Crippen LogP contribution in [0.5, 0.6) is 0 Å². The van der Waals surface area contributed by atoms with Crippen LogP contribution >= 0.6 is 0 Å². The Morgan fingerprint density at radius 1 is 1.44 bits per heavy atom. The van der Waals surface area contributed by atoms with Crippen molar-refractivity contribution in [3.8, 4) is 0 Å². The molecule has 6 heteroatoms. The van der Waals surface area contributed by atoms with Crippen molar-refractivity contribution in [2.24, 2.45) is 0 Å². The van der Waals surface area contributed by atoms with Crippen molar-refractivity contribution in [2.75, 3.05) is 27.2 Å². The molecule has 6 nitrogen and oxygen atoms in total. The maximum Gasteiger partial charge on any atom is 0.289 e. The lowest BCUT2D eigenvalue weighted by Crippen LogP contribution is -2.44. The second-order valence-corrected chi connectivity index (χ2v) is 4.17. The van der Waals surface area contributed by atoms with E-state index in [4.69, 9.17) is 9.52 Å². The topological polar surface area (TPSA) is 74.0 Å². The average molecular weight is 254 g/mol. The van der Waals surface area contributed by atoms with E-state index in [9.17, 15) is 9.59 Å². The lowest BCUT2D eigenvalue weighted by atomic mass is 10.3. The lowest BCUT2D eigenvalue weighted by Gasteiger charge is -2.25. The second kappa shape index (κ2) is 6.20. The van der Waals surface area contributed by atoms with Crippen molar-refractivity contribution in [1.29, 1.82) is 0 Å². The molecule has 1 atom stereocenters. The van der Waals surface area contributed by atoms with Gasteiger partial charge in [-0.15, -0.1) is 0 Å². The van der Waals surface area contributed by atoms with Crippen LogP contribution in [0.25, 0.3) is 0 Å². The van der Waals surface area contributed by atoms with Crippen LogP contribution in [-0.2, 0) is 4.79 Å². The van der Waals surface area contributed by atoms with Crippen molar-refractivity contribution < 1.29 is 19.1 Å². The van der Waals surface area contributed by atoms with Gasteiger partial charge >= 0.3 is 0 Å². The number of hydrogen-bond donors (Lipinski definition) is 1. The highest BCUT2D eigenvalue weighted by Crippen LogP contribution is 2.05. The molecule has 18 heavy (non-hydrogen) atoms. The number of likely N-dealkylation sites (N-methyl/N-ethyl adjacent to an activating group) is 2. The predicted octanol–water partition coefficient (Wildman–Crippen LogP) is 0.191. The molecule has 1 aromatic heterocycles. The summed E-state index contributed by atoms with van der Waals surface area (Å²) in [5.41, 5.74) is 0. The highest BCUT2D eigenvalue weighted by molar-refractivity contribution is 5.94. The third-order valence-electron chi connectivity index (χ3n) is 2.77. The van der Waals surface area contributed by atoms with Crippen LogP contribution in [0.3, 0.4) is 0 Å². The van der Waals surface area contributed by atoms with Gasteiger partial charge in [-0.1, -0.05) is 0 Å². The fourth-order valence-corrected chi connectivity index (χ4v) is 1.34. The van der Waals surface area contributed by atoms with Crippen LogP contribution < -0.4 is 0 Å². The van der Waals surface area contributed by atoms with Crippen molar-refractivity contribution >= 4 is 11.8 Å². The Kier molecular flexibility index (Phi) is 4.91. The molecule has 0 spiro atoms. The molecule has 1 heterocycles. The molecule has 0 radical (unpaired) electrons. The quantitative estimate of drug-likeness (QED) is 0.814. The van der Waals surface area contributed by atoms with Gasteiger partial charge in [0.1, 0.15) is 0 Å². The molecule has 0 aliphatic heterocycles. The van der Waals surface area contributed by atoms with E-state index in [-0.39, 0.29) is 36.8 Å². The number of hydrogen-bond acceptors (Lipinski definition) is 4. The Morgan fingerprint density at radius 3 is 2.61 bits per heavy atom. The van der Waals surface area contributed by atoms with E-state index in [2.05, 4.69) is 0 Å². The third kappa shape index (κ3) is 3.33. The highest BCUT2D eigenvalue weighted by Gasteiger charge is 2.21. The molecule has 0 fully saturated rings. The third-order valence-corrected chi connectivity index (χ3v) is 2.77. The van der Waals surface area contributed by atoms with Crippen molar-refractivity contribution in [1.82, 2.24) is 9.80 Å². The molecular weight excluding hydrogens is 236 g/mol. The molecule has 0 saturated carbocycles. The standard InChI is InChI=1S/C12H18N2O4/c1-9(8-15)14(3)11(16)7-13(2)12(17)10-5-4-6-18-10/h4-6,9,15H,7-8H2,1-3H3. The van der Waals surface area contributed by atoms with Gasteiger partial charge < -0.3 is 19.3 Å². The van der Waals surface area contributed by atoms with Crippen LogP contribution in [-0.4, -0.2) is 60.0 Å². The Hall–Kier alpha value is -1.82. The summed E-state index contributed by atoms with van der Waals surface area (Å²) in [5.74, 6) is -0.388. The van der Waals surface area contributed by atoms with Gasteiger partial charge in [-0.3, -0.25) is 9.59 Å².